The molecule has 2 atom stereocenters. The van der Waals surface area contributed by atoms with Crippen LogP contribution in [0, 0.1) is 5.92 Å². The summed E-state index contributed by atoms with van der Waals surface area (Å²) in [6.07, 6.45) is 0. The van der Waals surface area contributed by atoms with Crippen LogP contribution in [0.25, 0.3) is 0 Å². The van der Waals surface area contributed by atoms with Gasteiger partial charge in [-0.05, 0) is 13.0 Å². The van der Waals surface area contributed by atoms with E-state index in [1.807, 2.05) is 38.1 Å². The Labute approximate surface area is 102 Å². The largest absolute Gasteiger partial charge is 0.496 e. The van der Waals surface area contributed by atoms with Gasteiger partial charge in [-0.2, -0.15) is 0 Å². The second-order valence-corrected chi connectivity index (χ2v) is 4.11. The molecule has 94 valence electrons. The molecule has 0 bridgehead atoms. The van der Waals surface area contributed by atoms with Crippen molar-refractivity contribution >= 4 is 5.91 Å². The SMILES string of the molecule is COc1ccccc1C(C)NC(=O)C(C)CN. The Bertz CT molecular complexity index is 379. The quantitative estimate of drug-likeness (QED) is 0.813. The number of ether oxygens (including phenoxy) is 1. The van der Waals surface area contributed by atoms with Gasteiger partial charge in [0.15, 0.2) is 0 Å². The topological polar surface area (TPSA) is 64.3 Å². The third-order valence-electron chi connectivity index (χ3n) is 2.77. The van der Waals surface area contributed by atoms with Crippen molar-refractivity contribution in [2.45, 2.75) is 19.9 Å². The molecule has 0 aromatic heterocycles. The Kier molecular flexibility index (Phi) is 4.97. The Morgan fingerprint density at radius 2 is 2.06 bits per heavy atom. The van der Waals surface area contributed by atoms with E-state index in [1.54, 1.807) is 7.11 Å². The summed E-state index contributed by atoms with van der Waals surface area (Å²) in [5.41, 5.74) is 6.42. The standard InChI is InChI=1S/C13H20N2O2/c1-9(8-14)13(16)15-10(2)11-6-4-5-7-12(11)17-3/h4-7,9-10H,8,14H2,1-3H3,(H,15,16). The zero-order valence-electron chi connectivity index (χ0n) is 10.6. The predicted octanol–water partition coefficient (Wildman–Crippen LogP) is 1.47. The van der Waals surface area contributed by atoms with Gasteiger partial charge >= 0.3 is 0 Å². The molecule has 0 aliphatic rings. The molecular weight excluding hydrogens is 216 g/mol. The van der Waals surface area contributed by atoms with Gasteiger partial charge in [0.25, 0.3) is 0 Å². The molecule has 0 fully saturated rings. The normalized spacial score (nSPS) is 13.9. The van der Waals surface area contributed by atoms with Crippen molar-refractivity contribution in [3.8, 4) is 5.75 Å². The number of hydrogen-bond acceptors (Lipinski definition) is 3. The van der Waals surface area contributed by atoms with Crippen LogP contribution in [0.15, 0.2) is 24.3 Å². The molecule has 2 unspecified atom stereocenters. The molecule has 0 heterocycles. The molecule has 3 N–H and O–H groups in total. The Morgan fingerprint density at radius 1 is 1.41 bits per heavy atom. The summed E-state index contributed by atoms with van der Waals surface area (Å²) in [6.45, 7) is 4.09. The molecule has 17 heavy (non-hydrogen) atoms. The van der Waals surface area contributed by atoms with E-state index in [9.17, 15) is 4.79 Å². The summed E-state index contributed by atoms with van der Waals surface area (Å²) in [5.74, 6) is 0.568. The van der Waals surface area contributed by atoms with E-state index in [4.69, 9.17) is 10.5 Å². The minimum atomic E-state index is -0.174. The zero-order valence-corrected chi connectivity index (χ0v) is 10.6. The van der Waals surface area contributed by atoms with Crippen molar-refractivity contribution in [1.29, 1.82) is 0 Å². The third-order valence-corrected chi connectivity index (χ3v) is 2.77. The maximum atomic E-state index is 11.7. The highest BCUT2D eigenvalue weighted by Gasteiger charge is 2.16. The van der Waals surface area contributed by atoms with Crippen LogP contribution in [0.2, 0.25) is 0 Å². The summed E-state index contributed by atoms with van der Waals surface area (Å²) in [5, 5.41) is 2.92. The molecule has 4 heteroatoms. The van der Waals surface area contributed by atoms with Crippen LogP contribution in [-0.4, -0.2) is 19.6 Å². The van der Waals surface area contributed by atoms with Crippen molar-refractivity contribution in [1.82, 2.24) is 5.32 Å². The van der Waals surface area contributed by atoms with Crippen molar-refractivity contribution in [3.05, 3.63) is 29.8 Å². The van der Waals surface area contributed by atoms with Gasteiger partial charge in [0, 0.05) is 18.0 Å². The lowest BCUT2D eigenvalue weighted by Gasteiger charge is -2.19. The number of nitrogens with one attached hydrogen (secondary N) is 1. The number of benzene rings is 1. The van der Waals surface area contributed by atoms with Gasteiger partial charge in [-0.15, -0.1) is 0 Å². The minimum Gasteiger partial charge on any atom is -0.496 e. The molecule has 0 aliphatic carbocycles. The fourth-order valence-corrected chi connectivity index (χ4v) is 1.56. The highest BCUT2D eigenvalue weighted by Crippen LogP contribution is 2.24. The first-order valence-electron chi connectivity index (χ1n) is 5.73. The van der Waals surface area contributed by atoms with Crippen LogP contribution in [-0.2, 0) is 4.79 Å². The Morgan fingerprint density at radius 3 is 2.65 bits per heavy atom. The minimum absolute atomic E-state index is 0.0362. The molecule has 0 saturated carbocycles. The second-order valence-electron chi connectivity index (χ2n) is 4.11. The number of nitrogens with two attached hydrogens (primary N) is 1. The van der Waals surface area contributed by atoms with E-state index in [1.165, 1.54) is 0 Å². The Balaban J connectivity index is 2.76. The van der Waals surface area contributed by atoms with Crippen LogP contribution >= 0.6 is 0 Å². The highest BCUT2D eigenvalue weighted by molar-refractivity contribution is 5.79. The number of carbonyl (C=O) groups excluding carboxylic acids is 1. The lowest BCUT2D eigenvalue weighted by Crippen LogP contribution is -2.35. The molecule has 0 aliphatic heterocycles. The van der Waals surface area contributed by atoms with Gasteiger partial charge < -0.3 is 15.8 Å². The molecule has 1 aromatic carbocycles. The fourth-order valence-electron chi connectivity index (χ4n) is 1.56. The summed E-state index contributed by atoms with van der Waals surface area (Å²) in [4.78, 5) is 11.7. The van der Waals surface area contributed by atoms with Crippen molar-refractivity contribution < 1.29 is 9.53 Å². The second kappa shape index (κ2) is 6.25. The fraction of sp³-hybridized carbons (Fsp3) is 0.462. The van der Waals surface area contributed by atoms with Gasteiger partial charge in [0.05, 0.1) is 13.2 Å². The van der Waals surface area contributed by atoms with E-state index in [2.05, 4.69) is 5.32 Å². The zero-order chi connectivity index (χ0) is 12.8. The number of para-hydroxylation sites is 1. The van der Waals surface area contributed by atoms with Crippen LogP contribution in [0.1, 0.15) is 25.5 Å². The molecule has 1 amide bonds. The van der Waals surface area contributed by atoms with Gasteiger partial charge in [0.1, 0.15) is 5.75 Å². The molecule has 1 rings (SSSR count). The van der Waals surface area contributed by atoms with E-state index in [-0.39, 0.29) is 17.9 Å². The molecule has 0 spiro atoms. The van der Waals surface area contributed by atoms with E-state index in [0.29, 0.717) is 6.54 Å². The summed E-state index contributed by atoms with van der Waals surface area (Å²) in [6, 6.07) is 7.56. The van der Waals surface area contributed by atoms with Gasteiger partial charge in [-0.3, -0.25) is 4.79 Å². The van der Waals surface area contributed by atoms with Crippen molar-refractivity contribution in [3.63, 3.8) is 0 Å². The number of methoxy groups -OCH3 is 1. The third kappa shape index (κ3) is 3.46. The monoisotopic (exact) mass is 236 g/mol. The maximum Gasteiger partial charge on any atom is 0.224 e. The smallest absolute Gasteiger partial charge is 0.224 e. The summed E-state index contributed by atoms with van der Waals surface area (Å²) >= 11 is 0. The number of hydrogen-bond donors (Lipinski definition) is 2. The average molecular weight is 236 g/mol. The lowest BCUT2D eigenvalue weighted by atomic mass is 10.1. The maximum absolute atomic E-state index is 11.7. The molecule has 0 saturated heterocycles. The van der Waals surface area contributed by atoms with Gasteiger partial charge in [-0.1, -0.05) is 25.1 Å². The highest BCUT2D eigenvalue weighted by atomic mass is 16.5. The average Bonchev–Trinajstić information content (AvgIpc) is 2.37. The van der Waals surface area contributed by atoms with E-state index < -0.39 is 0 Å². The molecule has 4 nitrogen and oxygen atoms in total. The molecular formula is C13H20N2O2. The van der Waals surface area contributed by atoms with Crippen molar-refractivity contribution in [2.75, 3.05) is 13.7 Å². The van der Waals surface area contributed by atoms with E-state index in [0.717, 1.165) is 11.3 Å². The van der Waals surface area contributed by atoms with Crippen molar-refractivity contribution in [2.24, 2.45) is 11.7 Å². The van der Waals surface area contributed by atoms with Gasteiger partial charge in [0.2, 0.25) is 5.91 Å². The number of carbonyl (C=O) groups is 1. The summed E-state index contributed by atoms with van der Waals surface area (Å²) < 4.78 is 5.26. The van der Waals surface area contributed by atoms with E-state index >= 15 is 0 Å². The first-order valence-corrected chi connectivity index (χ1v) is 5.73. The van der Waals surface area contributed by atoms with Gasteiger partial charge in [-0.25, -0.2) is 0 Å². The Hall–Kier alpha value is -1.55. The first-order chi connectivity index (χ1) is 8.10. The number of rotatable bonds is 5. The van der Waals surface area contributed by atoms with Crippen LogP contribution < -0.4 is 15.8 Å². The lowest BCUT2D eigenvalue weighted by molar-refractivity contribution is -0.124. The number of amides is 1. The van der Waals surface area contributed by atoms with Crippen LogP contribution in [0.3, 0.4) is 0 Å². The summed E-state index contributed by atoms with van der Waals surface area (Å²) in [7, 11) is 1.62. The van der Waals surface area contributed by atoms with Crippen LogP contribution in [0.5, 0.6) is 5.75 Å². The van der Waals surface area contributed by atoms with Crippen LogP contribution in [0.4, 0.5) is 0 Å². The predicted molar refractivity (Wildman–Crippen MR) is 67.8 cm³/mol. The molecule has 1 aromatic rings. The first kappa shape index (κ1) is 13.5. The molecule has 0 radical (unpaired) electrons.